The zero-order valence-corrected chi connectivity index (χ0v) is 23.3. The Kier molecular flexibility index (Phi) is 10.2. The lowest BCUT2D eigenvalue weighted by molar-refractivity contribution is -0.120. The van der Waals surface area contributed by atoms with Gasteiger partial charge in [0, 0.05) is 24.5 Å². The smallest absolute Gasteiger partial charge is 0.224 e. The van der Waals surface area contributed by atoms with Crippen molar-refractivity contribution in [3.05, 3.63) is 94.3 Å². The van der Waals surface area contributed by atoms with Crippen LogP contribution in [0.4, 0.5) is 0 Å². The van der Waals surface area contributed by atoms with Crippen LogP contribution >= 0.6 is 11.6 Å². The fraction of sp³-hybridized carbons (Fsp3) is 0.375. The molecule has 1 heterocycles. The van der Waals surface area contributed by atoms with Gasteiger partial charge in [0.1, 0.15) is 11.6 Å². The van der Waals surface area contributed by atoms with Gasteiger partial charge in [-0.1, -0.05) is 60.5 Å². The van der Waals surface area contributed by atoms with Crippen LogP contribution in [-0.2, 0) is 24.2 Å². The first-order chi connectivity index (χ1) is 18.5. The molecule has 200 valence electrons. The van der Waals surface area contributed by atoms with Crippen molar-refractivity contribution in [2.24, 2.45) is 0 Å². The van der Waals surface area contributed by atoms with Crippen molar-refractivity contribution >= 4 is 28.5 Å². The first-order valence-corrected chi connectivity index (χ1v) is 14.0. The number of ether oxygens (including phenoxy) is 1. The van der Waals surface area contributed by atoms with E-state index in [1.165, 1.54) is 16.6 Å². The Morgan fingerprint density at radius 2 is 1.76 bits per heavy atom. The van der Waals surface area contributed by atoms with E-state index in [1.807, 2.05) is 30.3 Å². The molecule has 1 aromatic heterocycles. The largest absolute Gasteiger partial charge is 0.493 e. The Balaban J connectivity index is 1.20. The number of benzene rings is 3. The number of aryl methyl sites for hydroxylation is 4. The lowest BCUT2D eigenvalue weighted by atomic mass is 10.1. The highest BCUT2D eigenvalue weighted by molar-refractivity contribution is 6.31. The van der Waals surface area contributed by atoms with Gasteiger partial charge in [0.25, 0.3) is 0 Å². The Morgan fingerprint density at radius 1 is 0.947 bits per heavy atom. The van der Waals surface area contributed by atoms with Crippen LogP contribution in [0.3, 0.4) is 0 Å². The minimum Gasteiger partial charge on any atom is -0.493 e. The van der Waals surface area contributed by atoms with E-state index in [1.54, 1.807) is 0 Å². The van der Waals surface area contributed by atoms with Crippen molar-refractivity contribution in [2.45, 2.75) is 65.3 Å². The van der Waals surface area contributed by atoms with E-state index in [4.69, 9.17) is 21.3 Å². The highest BCUT2D eigenvalue weighted by Gasteiger charge is 2.11. The Hall–Kier alpha value is -3.31. The third kappa shape index (κ3) is 7.84. The van der Waals surface area contributed by atoms with E-state index in [2.05, 4.69) is 60.1 Å². The molecule has 38 heavy (non-hydrogen) atoms. The number of para-hydroxylation sites is 2. The summed E-state index contributed by atoms with van der Waals surface area (Å²) < 4.78 is 8.43. The maximum absolute atomic E-state index is 12.2. The minimum atomic E-state index is 0.0152. The molecular weight excluding hydrogens is 494 g/mol. The maximum atomic E-state index is 12.2. The zero-order chi connectivity index (χ0) is 26.7. The van der Waals surface area contributed by atoms with Gasteiger partial charge in [0.15, 0.2) is 0 Å². The molecule has 6 heteroatoms. The maximum Gasteiger partial charge on any atom is 0.224 e. The van der Waals surface area contributed by atoms with E-state index < -0.39 is 0 Å². The summed E-state index contributed by atoms with van der Waals surface area (Å²) in [6.45, 7) is 6.52. The molecule has 1 N–H and O–H groups in total. The van der Waals surface area contributed by atoms with Crippen LogP contribution in [0.15, 0.2) is 66.7 Å². The monoisotopic (exact) mass is 531 g/mol. The predicted octanol–water partition coefficient (Wildman–Crippen LogP) is 7.24. The molecule has 4 aromatic rings. The molecular formula is C32H38ClN3O2. The van der Waals surface area contributed by atoms with Crippen LogP contribution in [0, 0.1) is 13.8 Å². The number of nitrogens with zero attached hydrogens (tertiary/aromatic N) is 2. The van der Waals surface area contributed by atoms with E-state index in [-0.39, 0.29) is 5.91 Å². The first-order valence-electron chi connectivity index (χ1n) is 13.7. The number of amides is 1. The van der Waals surface area contributed by atoms with E-state index in [0.717, 1.165) is 67.7 Å². The molecule has 0 fully saturated rings. The van der Waals surface area contributed by atoms with Crippen LogP contribution in [0.5, 0.6) is 5.75 Å². The van der Waals surface area contributed by atoms with Crippen molar-refractivity contribution in [1.82, 2.24) is 14.9 Å². The van der Waals surface area contributed by atoms with Gasteiger partial charge >= 0.3 is 0 Å². The van der Waals surface area contributed by atoms with E-state index in [9.17, 15) is 4.79 Å². The zero-order valence-electron chi connectivity index (χ0n) is 22.5. The number of carbonyl (C=O) groups excluding carboxylic acids is 1. The van der Waals surface area contributed by atoms with Gasteiger partial charge in [-0.15, -0.1) is 0 Å². The van der Waals surface area contributed by atoms with Crippen molar-refractivity contribution < 1.29 is 9.53 Å². The third-order valence-corrected chi connectivity index (χ3v) is 7.19. The second kappa shape index (κ2) is 14.0. The van der Waals surface area contributed by atoms with Crippen LogP contribution in [0.1, 0.15) is 54.6 Å². The fourth-order valence-electron chi connectivity index (χ4n) is 4.67. The summed E-state index contributed by atoms with van der Waals surface area (Å²) in [6, 6.07) is 22.2. The average molecular weight is 532 g/mol. The van der Waals surface area contributed by atoms with E-state index in [0.29, 0.717) is 24.6 Å². The molecule has 0 aliphatic rings. The van der Waals surface area contributed by atoms with Gasteiger partial charge in [-0.25, -0.2) is 4.98 Å². The number of rotatable bonds is 14. The highest BCUT2D eigenvalue weighted by atomic mass is 35.5. The van der Waals surface area contributed by atoms with Gasteiger partial charge in [0.2, 0.25) is 5.91 Å². The van der Waals surface area contributed by atoms with Crippen LogP contribution in [0.25, 0.3) is 11.0 Å². The number of hydrogen-bond donors (Lipinski definition) is 1. The number of imidazole rings is 1. The number of aromatic nitrogens is 2. The molecule has 1 amide bonds. The topological polar surface area (TPSA) is 56.1 Å². The number of hydrogen-bond acceptors (Lipinski definition) is 3. The quantitative estimate of drug-likeness (QED) is 0.174. The third-order valence-electron chi connectivity index (χ3n) is 6.82. The van der Waals surface area contributed by atoms with Crippen LogP contribution in [-0.4, -0.2) is 28.6 Å². The molecule has 5 nitrogen and oxygen atoms in total. The molecule has 3 aromatic carbocycles. The van der Waals surface area contributed by atoms with E-state index >= 15 is 0 Å². The predicted molar refractivity (Wildman–Crippen MR) is 156 cm³/mol. The first kappa shape index (κ1) is 27.7. The Labute approximate surface area is 231 Å². The van der Waals surface area contributed by atoms with Gasteiger partial charge < -0.3 is 14.6 Å². The summed E-state index contributed by atoms with van der Waals surface area (Å²) in [6.07, 6.45) is 6.31. The number of nitrogens with one attached hydrogen (secondary N) is 1. The van der Waals surface area contributed by atoms with Crippen LogP contribution in [0.2, 0.25) is 5.02 Å². The van der Waals surface area contributed by atoms with Crippen LogP contribution < -0.4 is 10.1 Å². The van der Waals surface area contributed by atoms with Crippen molar-refractivity contribution in [1.29, 1.82) is 0 Å². The fourth-order valence-corrected chi connectivity index (χ4v) is 4.88. The Bertz CT molecular complexity index is 1350. The number of unbranched alkanes of at least 4 members (excludes halogenated alkanes) is 3. The van der Waals surface area contributed by atoms with Gasteiger partial charge in [-0.3, -0.25) is 4.79 Å². The van der Waals surface area contributed by atoms with Crippen molar-refractivity contribution in [2.75, 3.05) is 13.2 Å². The minimum absolute atomic E-state index is 0.0152. The molecule has 0 unspecified atom stereocenters. The lowest BCUT2D eigenvalue weighted by Gasteiger charge is -2.12. The lowest BCUT2D eigenvalue weighted by Crippen LogP contribution is -2.26. The molecule has 0 aliphatic heterocycles. The second-order valence-corrected chi connectivity index (χ2v) is 10.3. The standard InChI is InChI=1S/C32H38ClN3O2/c1-24-17-18-25(2)30(22-24)38-21-11-10-20-36-29-15-8-7-14-28(29)35-31(36)16-4-3-9-19-34-32(37)23-26-12-5-6-13-27(26)33/h5-8,12-15,17-18,22H,3-4,9-11,16,19-21,23H2,1-2H3,(H,34,37). The highest BCUT2D eigenvalue weighted by Crippen LogP contribution is 2.21. The molecule has 0 saturated heterocycles. The molecule has 0 aliphatic carbocycles. The molecule has 4 rings (SSSR count). The SMILES string of the molecule is Cc1ccc(C)c(OCCCCn2c(CCCCCNC(=O)Cc3ccccc3Cl)nc3ccccc32)c1. The van der Waals surface area contributed by atoms with Crippen molar-refractivity contribution in [3.8, 4) is 5.75 Å². The molecule has 0 bridgehead atoms. The van der Waals surface area contributed by atoms with Gasteiger partial charge in [0.05, 0.1) is 24.1 Å². The molecule has 0 radical (unpaired) electrons. The van der Waals surface area contributed by atoms with Gasteiger partial charge in [-0.05, 0) is 80.5 Å². The van der Waals surface area contributed by atoms with Gasteiger partial charge in [-0.2, -0.15) is 0 Å². The summed E-state index contributed by atoms with van der Waals surface area (Å²) in [5, 5.41) is 3.66. The summed E-state index contributed by atoms with van der Waals surface area (Å²) in [5.74, 6) is 2.14. The molecule has 0 spiro atoms. The van der Waals surface area contributed by atoms with Crippen molar-refractivity contribution in [3.63, 3.8) is 0 Å². The Morgan fingerprint density at radius 3 is 2.63 bits per heavy atom. The summed E-state index contributed by atoms with van der Waals surface area (Å²) in [4.78, 5) is 17.2. The molecule has 0 saturated carbocycles. The summed E-state index contributed by atoms with van der Waals surface area (Å²) in [7, 11) is 0. The number of fused-ring (bicyclic) bond motifs is 1. The average Bonchev–Trinajstić information content (AvgIpc) is 3.26. The second-order valence-electron chi connectivity index (χ2n) is 9.92. The number of carbonyl (C=O) groups is 1. The summed E-state index contributed by atoms with van der Waals surface area (Å²) >= 11 is 6.16. The number of halogens is 1. The summed E-state index contributed by atoms with van der Waals surface area (Å²) in [5.41, 5.74) is 5.52. The normalized spacial score (nSPS) is 11.1. The molecule has 0 atom stereocenters.